The molecule has 0 N–H and O–H groups in total. The Morgan fingerprint density at radius 3 is 2.48 bits per heavy atom. The highest BCUT2D eigenvalue weighted by Gasteiger charge is 2.48. The molecular formula is C23H34N2O6. The number of likely N-dealkylation sites (tertiary alicyclic amines) is 1. The molecule has 1 aliphatic carbocycles. The fourth-order valence-electron chi connectivity index (χ4n) is 4.40. The summed E-state index contributed by atoms with van der Waals surface area (Å²) in [5.74, 6) is -1.87. The molecule has 0 aromatic rings. The van der Waals surface area contributed by atoms with Crippen molar-refractivity contribution >= 4 is 17.8 Å². The average Bonchev–Trinajstić information content (AvgIpc) is 3.08. The van der Waals surface area contributed by atoms with Crippen molar-refractivity contribution in [3.63, 3.8) is 0 Å². The number of rotatable bonds is 5. The molecular weight excluding hydrogens is 400 g/mol. The number of carbonyl (C=O) groups excluding carboxylic acids is 3. The van der Waals surface area contributed by atoms with E-state index in [0.29, 0.717) is 6.54 Å². The highest BCUT2D eigenvalue weighted by Crippen LogP contribution is 2.36. The summed E-state index contributed by atoms with van der Waals surface area (Å²) in [4.78, 5) is 42.0. The average molecular weight is 435 g/mol. The van der Waals surface area contributed by atoms with E-state index in [4.69, 9.17) is 14.2 Å². The van der Waals surface area contributed by atoms with Crippen molar-refractivity contribution in [3.8, 4) is 0 Å². The van der Waals surface area contributed by atoms with Crippen molar-refractivity contribution in [2.45, 2.75) is 77.2 Å². The van der Waals surface area contributed by atoms with Crippen LogP contribution < -0.4 is 0 Å². The first-order valence-corrected chi connectivity index (χ1v) is 11.0. The maximum absolute atomic E-state index is 13.5. The zero-order chi connectivity index (χ0) is 22.8. The molecule has 0 aromatic heterocycles. The minimum atomic E-state index is -1.46. The number of piperidine rings is 1. The second kappa shape index (κ2) is 9.12. The Balaban J connectivity index is 1.83. The largest absolute Gasteiger partial charge is 0.457 e. The molecule has 0 spiro atoms. The lowest BCUT2D eigenvalue weighted by molar-refractivity contribution is -0.193. The standard InChI is InChI=1S/C23H34N2O6/c1-16(26)30-19(21(28)31-22(2,3)4)18-20(27)25(14-15-29-18)17-10-9-11-23(17,5)24-12-7-6-8-13-24/h9-11,18-19H,6-8,12-15H2,1-5H3/t18-,19-,23?/m1/s1. The van der Waals surface area contributed by atoms with Gasteiger partial charge in [-0.1, -0.05) is 18.6 Å². The fraction of sp³-hybridized carbons (Fsp3) is 0.696. The Bertz CT molecular complexity index is 777. The molecule has 3 aliphatic rings. The van der Waals surface area contributed by atoms with Gasteiger partial charge in [0.25, 0.3) is 5.91 Å². The summed E-state index contributed by atoms with van der Waals surface area (Å²) in [6.07, 6.45) is 6.80. The molecule has 3 atom stereocenters. The summed E-state index contributed by atoms with van der Waals surface area (Å²) in [6.45, 7) is 11.0. The van der Waals surface area contributed by atoms with Gasteiger partial charge in [0.05, 0.1) is 12.1 Å². The van der Waals surface area contributed by atoms with E-state index in [0.717, 1.165) is 31.6 Å². The molecule has 0 bridgehead atoms. The molecule has 8 nitrogen and oxygen atoms in total. The minimum Gasteiger partial charge on any atom is -0.457 e. The molecule has 2 saturated heterocycles. The molecule has 8 heteroatoms. The SMILES string of the molecule is CC(=O)O[C@@H](C(=O)OC(C)(C)C)[C@H]1OCCN(C2=CC=CC2(C)N2CCCCC2)C1=O. The third kappa shape index (κ3) is 5.18. The normalized spacial score (nSPS) is 28.3. The monoisotopic (exact) mass is 434 g/mol. The van der Waals surface area contributed by atoms with Crippen LogP contribution in [0.2, 0.25) is 0 Å². The molecule has 2 aliphatic heterocycles. The predicted molar refractivity (Wildman–Crippen MR) is 114 cm³/mol. The first kappa shape index (κ1) is 23.5. The van der Waals surface area contributed by atoms with Gasteiger partial charge in [-0.25, -0.2) is 4.79 Å². The van der Waals surface area contributed by atoms with Crippen LogP contribution in [0.25, 0.3) is 0 Å². The van der Waals surface area contributed by atoms with Gasteiger partial charge < -0.3 is 19.1 Å². The summed E-state index contributed by atoms with van der Waals surface area (Å²) in [7, 11) is 0. The Hall–Kier alpha value is -2.19. The molecule has 0 radical (unpaired) electrons. The van der Waals surface area contributed by atoms with E-state index in [-0.39, 0.29) is 6.61 Å². The van der Waals surface area contributed by atoms with Gasteiger partial charge in [-0.3, -0.25) is 14.5 Å². The quantitative estimate of drug-likeness (QED) is 0.613. The number of hydrogen-bond donors (Lipinski definition) is 0. The Morgan fingerprint density at radius 2 is 1.87 bits per heavy atom. The molecule has 2 fully saturated rings. The second-order valence-electron chi connectivity index (χ2n) is 9.45. The van der Waals surface area contributed by atoms with Crippen molar-refractivity contribution in [2.75, 3.05) is 26.2 Å². The third-order valence-corrected chi connectivity index (χ3v) is 5.83. The van der Waals surface area contributed by atoms with Gasteiger partial charge in [-0.15, -0.1) is 0 Å². The maximum Gasteiger partial charge on any atom is 0.351 e. The van der Waals surface area contributed by atoms with Crippen LogP contribution in [0.15, 0.2) is 23.9 Å². The van der Waals surface area contributed by atoms with E-state index >= 15 is 0 Å². The number of allylic oxidation sites excluding steroid dienone is 2. The van der Waals surface area contributed by atoms with E-state index in [2.05, 4.69) is 17.9 Å². The lowest BCUT2D eigenvalue weighted by atomic mass is 9.93. The van der Waals surface area contributed by atoms with Crippen LogP contribution >= 0.6 is 0 Å². The molecule has 1 amide bonds. The van der Waals surface area contributed by atoms with Gasteiger partial charge in [-0.2, -0.15) is 0 Å². The van der Waals surface area contributed by atoms with E-state index in [1.807, 2.05) is 12.2 Å². The smallest absolute Gasteiger partial charge is 0.351 e. The lowest BCUT2D eigenvalue weighted by Gasteiger charge is -2.46. The zero-order valence-electron chi connectivity index (χ0n) is 19.2. The number of morpholine rings is 1. The highest BCUT2D eigenvalue weighted by atomic mass is 16.6. The predicted octanol–water partition coefficient (Wildman–Crippen LogP) is 2.19. The van der Waals surface area contributed by atoms with Crippen molar-refractivity contribution in [2.24, 2.45) is 0 Å². The van der Waals surface area contributed by atoms with Gasteiger partial charge in [0.15, 0.2) is 6.10 Å². The van der Waals surface area contributed by atoms with E-state index in [9.17, 15) is 14.4 Å². The number of ether oxygens (including phenoxy) is 3. The second-order valence-corrected chi connectivity index (χ2v) is 9.45. The molecule has 3 rings (SSSR count). The summed E-state index contributed by atoms with van der Waals surface area (Å²) in [6, 6.07) is 0. The van der Waals surface area contributed by atoms with Crippen LogP contribution in [0.5, 0.6) is 0 Å². The van der Waals surface area contributed by atoms with Crippen LogP contribution in [0.4, 0.5) is 0 Å². The topological polar surface area (TPSA) is 85.4 Å². The van der Waals surface area contributed by atoms with Crippen molar-refractivity contribution < 1.29 is 28.6 Å². The van der Waals surface area contributed by atoms with Gasteiger partial charge >= 0.3 is 11.9 Å². The molecule has 0 aromatic carbocycles. The number of amides is 1. The zero-order valence-corrected chi connectivity index (χ0v) is 19.2. The molecule has 31 heavy (non-hydrogen) atoms. The third-order valence-electron chi connectivity index (χ3n) is 5.83. The molecule has 172 valence electrons. The minimum absolute atomic E-state index is 0.227. The Kier molecular flexibility index (Phi) is 6.91. The Labute approximate surface area is 184 Å². The first-order valence-electron chi connectivity index (χ1n) is 11.0. The first-order chi connectivity index (χ1) is 14.5. The maximum atomic E-state index is 13.5. The molecule has 2 heterocycles. The van der Waals surface area contributed by atoms with E-state index < -0.39 is 41.2 Å². The van der Waals surface area contributed by atoms with Gasteiger partial charge in [0, 0.05) is 19.2 Å². The molecule has 1 unspecified atom stereocenters. The number of hydrogen-bond acceptors (Lipinski definition) is 7. The van der Waals surface area contributed by atoms with Gasteiger partial charge in [-0.05, 0) is 59.7 Å². The van der Waals surface area contributed by atoms with Crippen LogP contribution in [0.3, 0.4) is 0 Å². The highest BCUT2D eigenvalue weighted by molar-refractivity contribution is 5.91. The number of carbonyl (C=O) groups is 3. The van der Waals surface area contributed by atoms with Crippen molar-refractivity contribution in [1.82, 2.24) is 9.80 Å². The van der Waals surface area contributed by atoms with E-state index in [1.54, 1.807) is 25.7 Å². The lowest BCUT2D eigenvalue weighted by Crippen LogP contribution is -2.59. The summed E-state index contributed by atoms with van der Waals surface area (Å²) >= 11 is 0. The van der Waals surface area contributed by atoms with Crippen LogP contribution in [0, 0.1) is 0 Å². The molecule has 0 saturated carbocycles. The van der Waals surface area contributed by atoms with Crippen molar-refractivity contribution in [1.29, 1.82) is 0 Å². The van der Waals surface area contributed by atoms with Crippen LogP contribution in [0.1, 0.15) is 53.9 Å². The van der Waals surface area contributed by atoms with Crippen LogP contribution in [-0.2, 0) is 28.6 Å². The number of nitrogens with zero attached hydrogens (tertiary/aromatic N) is 2. The van der Waals surface area contributed by atoms with Crippen LogP contribution in [-0.4, -0.2) is 77.2 Å². The Morgan fingerprint density at radius 1 is 1.19 bits per heavy atom. The van der Waals surface area contributed by atoms with E-state index in [1.165, 1.54) is 13.3 Å². The van der Waals surface area contributed by atoms with Crippen molar-refractivity contribution in [3.05, 3.63) is 23.9 Å². The summed E-state index contributed by atoms with van der Waals surface area (Å²) in [5, 5.41) is 0. The van der Waals surface area contributed by atoms with Gasteiger partial charge in [0.2, 0.25) is 6.10 Å². The summed E-state index contributed by atoms with van der Waals surface area (Å²) < 4.78 is 16.3. The summed E-state index contributed by atoms with van der Waals surface area (Å²) in [5.41, 5.74) is -0.336. The fourth-order valence-corrected chi connectivity index (χ4v) is 4.40. The number of esters is 2. The van der Waals surface area contributed by atoms with Gasteiger partial charge in [0.1, 0.15) is 5.60 Å².